The van der Waals surface area contributed by atoms with E-state index < -0.39 is 10.0 Å². The van der Waals surface area contributed by atoms with Crippen LogP contribution >= 0.6 is 43.5 Å². The van der Waals surface area contributed by atoms with Crippen molar-refractivity contribution in [3.05, 3.63) is 27.1 Å². The van der Waals surface area contributed by atoms with Gasteiger partial charge < -0.3 is 0 Å². The Morgan fingerprint density at radius 2 is 2.06 bits per heavy atom. The fraction of sp³-hybridized carbons (Fsp3) is 0.455. The van der Waals surface area contributed by atoms with Crippen LogP contribution in [0.1, 0.15) is 19.8 Å². The van der Waals surface area contributed by atoms with Crippen LogP contribution in [0.4, 0.5) is 0 Å². The molecule has 7 heteroatoms. The highest BCUT2D eigenvalue weighted by atomic mass is 79.9. The van der Waals surface area contributed by atoms with Crippen molar-refractivity contribution in [2.75, 3.05) is 5.88 Å². The lowest BCUT2D eigenvalue weighted by atomic mass is 10.2. The number of sulfonamides is 1. The Morgan fingerprint density at radius 1 is 1.39 bits per heavy atom. The number of benzene rings is 1. The summed E-state index contributed by atoms with van der Waals surface area (Å²) in [6.07, 6.45) is 1.50. The van der Waals surface area contributed by atoms with E-state index >= 15 is 0 Å². The van der Waals surface area contributed by atoms with Crippen LogP contribution in [0.5, 0.6) is 0 Å². The molecule has 0 spiro atoms. The molecule has 0 aliphatic heterocycles. The van der Waals surface area contributed by atoms with E-state index in [1.165, 1.54) is 0 Å². The summed E-state index contributed by atoms with van der Waals surface area (Å²) in [7, 11) is -3.51. The van der Waals surface area contributed by atoms with Crippen molar-refractivity contribution in [2.24, 2.45) is 0 Å². The molecular weight excluding hydrogens is 405 g/mol. The van der Waals surface area contributed by atoms with Gasteiger partial charge in [0.25, 0.3) is 0 Å². The zero-order valence-corrected chi connectivity index (χ0v) is 14.5. The lowest BCUT2D eigenvalue weighted by Gasteiger charge is -2.14. The van der Waals surface area contributed by atoms with Gasteiger partial charge in [-0.05, 0) is 53.9 Å². The second-order valence-electron chi connectivity index (χ2n) is 3.93. The summed E-state index contributed by atoms with van der Waals surface area (Å²) in [5.74, 6) is 0.534. The number of nitrogens with one attached hydrogen (secondary N) is 1. The molecule has 1 aromatic rings. The first-order valence-electron chi connectivity index (χ1n) is 5.40. The Bertz CT molecular complexity index is 508. The summed E-state index contributed by atoms with van der Waals surface area (Å²) < 4.78 is 28.3. The Labute approximate surface area is 130 Å². The van der Waals surface area contributed by atoms with E-state index in [2.05, 4.69) is 36.6 Å². The van der Waals surface area contributed by atoms with Gasteiger partial charge in [0.05, 0.1) is 4.90 Å². The van der Waals surface area contributed by atoms with Gasteiger partial charge in [-0.15, -0.1) is 11.6 Å². The maximum absolute atomic E-state index is 12.2. The van der Waals surface area contributed by atoms with Crippen LogP contribution < -0.4 is 4.72 Å². The number of rotatable bonds is 6. The van der Waals surface area contributed by atoms with Crippen molar-refractivity contribution in [1.82, 2.24) is 4.72 Å². The first kappa shape index (κ1) is 16.4. The minimum atomic E-state index is -3.51. The van der Waals surface area contributed by atoms with Crippen molar-refractivity contribution in [3.8, 4) is 0 Å². The average molecular weight is 420 g/mol. The van der Waals surface area contributed by atoms with Gasteiger partial charge in [0.1, 0.15) is 0 Å². The molecule has 18 heavy (non-hydrogen) atoms. The third-order valence-electron chi connectivity index (χ3n) is 2.31. The van der Waals surface area contributed by atoms with Crippen LogP contribution in [-0.2, 0) is 10.0 Å². The molecule has 102 valence electrons. The molecule has 0 aliphatic carbocycles. The zero-order valence-electron chi connectivity index (χ0n) is 9.79. The number of alkyl halides is 1. The van der Waals surface area contributed by atoms with Crippen LogP contribution in [0, 0.1) is 0 Å². The number of hydrogen-bond acceptors (Lipinski definition) is 2. The summed E-state index contributed by atoms with van der Waals surface area (Å²) in [6, 6.07) is 4.91. The topological polar surface area (TPSA) is 46.2 Å². The van der Waals surface area contributed by atoms with Crippen molar-refractivity contribution >= 4 is 53.5 Å². The van der Waals surface area contributed by atoms with Crippen molar-refractivity contribution in [2.45, 2.75) is 30.7 Å². The Kier molecular flexibility index (Phi) is 6.61. The molecule has 0 bridgehead atoms. The van der Waals surface area contributed by atoms with Crippen LogP contribution in [0.2, 0.25) is 0 Å². The van der Waals surface area contributed by atoms with E-state index in [-0.39, 0.29) is 10.9 Å². The smallest absolute Gasteiger partial charge is 0.208 e. The van der Waals surface area contributed by atoms with Gasteiger partial charge in [-0.2, -0.15) is 0 Å². The summed E-state index contributed by atoms with van der Waals surface area (Å²) in [6.45, 7) is 1.83. The minimum Gasteiger partial charge on any atom is -0.208 e. The molecule has 1 atom stereocenters. The van der Waals surface area contributed by atoms with E-state index in [0.29, 0.717) is 16.8 Å². The minimum absolute atomic E-state index is 0.139. The summed E-state index contributed by atoms with van der Waals surface area (Å²) in [5, 5.41) is 0. The molecule has 1 unspecified atom stereocenters. The predicted octanol–water partition coefficient (Wildman–Crippen LogP) is 3.90. The monoisotopic (exact) mass is 417 g/mol. The predicted molar refractivity (Wildman–Crippen MR) is 81.6 cm³/mol. The SMILES string of the molecule is CC(CCCCl)NS(=O)(=O)c1cc(Br)ccc1Br. The second-order valence-corrected chi connectivity index (χ2v) is 7.76. The molecule has 0 aromatic heterocycles. The first-order valence-corrected chi connectivity index (χ1v) is 9.00. The fourth-order valence-electron chi connectivity index (χ4n) is 1.45. The van der Waals surface area contributed by atoms with Gasteiger partial charge >= 0.3 is 0 Å². The van der Waals surface area contributed by atoms with Crippen molar-refractivity contribution in [3.63, 3.8) is 0 Å². The average Bonchev–Trinajstić information content (AvgIpc) is 2.29. The number of hydrogen-bond donors (Lipinski definition) is 1. The fourth-order valence-corrected chi connectivity index (χ4v) is 4.39. The molecular formula is C11H14Br2ClNO2S. The molecule has 3 nitrogen and oxygen atoms in total. The van der Waals surface area contributed by atoms with Gasteiger partial charge in [-0.3, -0.25) is 0 Å². The highest BCUT2D eigenvalue weighted by Gasteiger charge is 2.20. The quantitative estimate of drug-likeness (QED) is 0.711. The Balaban J connectivity index is 2.89. The van der Waals surface area contributed by atoms with Crippen LogP contribution in [-0.4, -0.2) is 20.3 Å². The molecule has 1 rings (SSSR count). The van der Waals surface area contributed by atoms with Gasteiger partial charge in [0, 0.05) is 20.9 Å². The standard InChI is InChI=1S/C11H14Br2ClNO2S/c1-8(3-2-6-14)15-18(16,17)11-7-9(12)4-5-10(11)13/h4-5,7-8,15H,2-3,6H2,1H3. The molecule has 0 fully saturated rings. The van der Waals surface area contributed by atoms with Crippen molar-refractivity contribution in [1.29, 1.82) is 0 Å². The highest BCUT2D eigenvalue weighted by molar-refractivity contribution is 9.11. The van der Waals surface area contributed by atoms with Crippen LogP contribution in [0.15, 0.2) is 32.0 Å². The zero-order chi connectivity index (χ0) is 13.8. The molecule has 1 N–H and O–H groups in total. The van der Waals surface area contributed by atoms with Gasteiger partial charge in [-0.1, -0.05) is 15.9 Å². The lowest BCUT2D eigenvalue weighted by molar-refractivity contribution is 0.544. The number of halogens is 3. The van der Waals surface area contributed by atoms with Gasteiger partial charge in [0.2, 0.25) is 10.0 Å². The molecule has 0 saturated heterocycles. The second kappa shape index (κ2) is 7.24. The van der Waals surface area contributed by atoms with E-state index in [1.807, 2.05) is 6.92 Å². The van der Waals surface area contributed by atoms with E-state index in [9.17, 15) is 8.42 Å². The normalized spacial score (nSPS) is 13.6. The maximum Gasteiger partial charge on any atom is 0.241 e. The van der Waals surface area contributed by atoms with E-state index in [4.69, 9.17) is 11.6 Å². The van der Waals surface area contributed by atoms with Crippen LogP contribution in [0.3, 0.4) is 0 Å². The molecule has 0 radical (unpaired) electrons. The third-order valence-corrected chi connectivity index (χ3v) is 5.65. The Morgan fingerprint density at radius 3 is 2.67 bits per heavy atom. The van der Waals surface area contributed by atoms with Crippen LogP contribution in [0.25, 0.3) is 0 Å². The van der Waals surface area contributed by atoms with Gasteiger partial charge in [-0.25, -0.2) is 13.1 Å². The highest BCUT2D eigenvalue weighted by Crippen LogP contribution is 2.25. The third kappa shape index (κ3) is 4.81. The van der Waals surface area contributed by atoms with E-state index in [1.54, 1.807) is 18.2 Å². The van der Waals surface area contributed by atoms with Gasteiger partial charge in [0.15, 0.2) is 0 Å². The summed E-state index contributed by atoms with van der Waals surface area (Å²) in [5.41, 5.74) is 0. The molecule has 0 amide bonds. The molecule has 1 aromatic carbocycles. The molecule has 0 saturated carbocycles. The lowest BCUT2D eigenvalue weighted by Crippen LogP contribution is -2.32. The largest absolute Gasteiger partial charge is 0.241 e. The summed E-state index contributed by atoms with van der Waals surface area (Å²) >= 11 is 12.1. The molecule has 0 aliphatic rings. The Hall–Kier alpha value is 0.380. The maximum atomic E-state index is 12.2. The molecule has 0 heterocycles. The summed E-state index contributed by atoms with van der Waals surface area (Å²) in [4.78, 5) is 0.231. The van der Waals surface area contributed by atoms with Crippen molar-refractivity contribution < 1.29 is 8.42 Å². The first-order chi connectivity index (χ1) is 8.36. The van der Waals surface area contributed by atoms with E-state index in [0.717, 1.165) is 10.9 Å².